The largest absolute Gasteiger partial charge is 0.340 e. The lowest BCUT2D eigenvalue weighted by Gasteiger charge is -2.23. The van der Waals surface area contributed by atoms with Crippen LogP contribution in [0.25, 0.3) is 0 Å². The van der Waals surface area contributed by atoms with Gasteiger partial charge in [0.1, 0.15) is 0 Å². The highest BCUT2D eigenvalue weighted by molar-refractivity contribution is 5.78. The lowest BCUT2D eigenvalue weighted by molar-refractivity contribution is -0.131. The van der Waals surface area contributed by atoms with E-state index in [0.717, 1.165) is 51.3 Å². The number of amides is 1. The molecule has 1 aromatic rings. The van der Waals surface area contributed by atoms with Crippen LogP contribution in [0.4, 0.5) is 0 Å². The zero-order valence-electron chi connectivity index (χ0n) is 12.2. The summed E-state index contributed by atoms with van der Waals surface area (Å²) in [5.74, 6) is 0.234. The highest BCUT2D eigenvalue weighted by Crippen LogP contribution is 2.00. The molecule has 0 atom stereocenters. The van der Waals surface area contributed by atoms with Crippen LogP contribution in [0.15, 0.2) is 24.4 Å². The molecule has 5 heteroatoms. The first-order valence-electron chi connectivity index (χ1n) is 7.32. The van der Waals surface area contributed by atoms with Crippen molar-refractivity contribution in [3.05, 3.63) is 30.1 Å². The lowest BCUT2D eigenvalue weighted by Crippen LogP contribution is -2.41. The molecular formula is C15H24N4O. The predicted octanol–water partition coefficient (Wildman–Crippen LogP) is 0.378. The molecule has 1 saturated heterocycles. The van der Waals surface area contributed by atoms with E-state index in [4.69, 9.17) is 0 Å². The van der Waals surface area contributed by atoms with E-state index in [9.17, 15) is 4.79 Å². The summed E-state index contributed by atoms with van der Waals surface area (Å²) in [5.41, 5.74) is 1.07. The van der Waals surface area contributed by atoms with E-state index in [0.29, 0.717) is 6.54 Å². The van der Waals surface area contributed by atoms with Crippen molar-refractivity contribution in [2.75, 3.05) is 46.3 Å². The summed E-state index contributed by atoms with van der Waals surface area (Å²) in [6.07, 6.45) is 3.74. The Balaban J connectivity index is 1.73. The predicted molar refractivity (Wildman–Crippen MR) is 79.5 cm³/mol. The van der Waals surface area contributed by atoms with Crippen molar-refractivity contribution >= 4 is 5.91 Å². The van der Waals surface area contributed by atoms with Crippen molar-refractivity contribution in [2.45, 2.75) is 12.8 Å². The Morgan fingerprint density at radius 2 is 2.30 bits per heavy atom. The number of nitrogens with zero attached hydrogens (tertiary/aromatic N) is 3. The molecule has 1 fully saturated rings. The van der Waals surface area contributed by atoms with Crippen molar-refractivity contribution in [2.24, 2.45) is 0 Å². The van der Waals surface area contributed by atoms with Gasteiger partial charge < -0.3 is 10.2 Å². The van der Waals surface area contributed by atoms with Crippen LogP contribution in [-0.4, -0.2) is 67.0 Å². The second-order valence-corrected chi connectivity index (χ2v) is 5.29. The minimum Gasteiger partial charge on any atom is -0.340 e. The van der Waals surface area contributed by atoms with Gasteiger partial charge >= 0.3 is 0 Å². The van der Waals surface area contributed by atoms with Gasteiger partial charge in [-0.05, 0) is 32.1 Å². The first-order valence-corrected chi connectivity index (χ1v) is 7.32. The molecule has 5 nitrogen and oxygen atoms in total. The number of hydrogen-bond acceptors (Lipinski definition) is 4. The van der Waals surface area contributed by atoms with Gasteiger partial charge in [-0.2, -0.15) is 0 Å². The summed E-state index contributed by atoms with van der Waals surface area (Å²) in [6.45, 7) is 4.97. The summed E-state index contributed by atoms with van der Waals surface area (Å²) in [4.78, 5) is 20.6. The average Bonchev–Trinajstić information content (AvgIpc) is 2.75. The molecule has 2 rings (SSSR count). The molecule has 0 saturated carbocycles. The Hall–Kier alpha value is -1.46. The Morgan fingerprint density at radius 1 is 1.40 bits per heavy atom. The number of aromatic nitrogens is 1. The topological polar surface area (TPSA) is 48.5 Å². The van der Waals surface area contributed by atoms with Crippen LogP contribution in [0.2, 0.25) is 0 Å². The fraction of sp³-hybridized carbons (Fsp3) is 0.600. The third-order valence-corrected chi connectivity index (χ3v) is 3.57. The summed E-state index contributed by atoms with van der Waals surface area (Å²) in [5, 5.41) is 3.32. The van der Waals surface area contributed by atoms with Gasteiger partial charge in [-0.3, -0.25) is 14.7 Å². The molecule has 0 radical (unpaired) electrons. The summed E-state index contributed by atoms with van der Waals surface area (Å²) in [6, 6.07) is 5.94. The lowest BCUT2D eigenvalue weighted by atomic mass is 10.2. The van der Waals surface area contributed by atoms with E-state index in [1.54, 1.807) is 0 Å². The third kappa shape index (κ3) is 4.90. The Kier molecular flexibility index (Phi) is 5.95. The van der Waals surface area contributed by atoms with E-state index in [-0.39, 0.29) is 5.91 Å². The molecule has 0 aromatic carbocycles. The Morgan fingerprint density at radius 3 is 3.10 bits per heavy atom. The first kappa shape index (κ1) is 14.9. The van der Waals surface area contributed by atoms with Gasteiger partial charge in [-0.15, -0.1) is 0 Å². The highest BCUT2D eigenvalue weighted by atomic mass is 16.2. The normalized spacial score (nSPS) is 16.2. The van der Waals surface area contributed by atoms with E-state index in [1.807, 2.05) is 36.3 Å². The maximum atomic E-state index is 12.2. The maximum absolute atomic E-state index is 12.2. The molecule has 0 bridgehead atoms. The van der Waals surface area contributed by atoms with E-state index in [2.05, 4.69) is 15.2 Å². The van der Waals surface area contributed by atoms with Gasteiger partial charge in [0.2, 0.25) is 5.91 Å². The Labute approximate surface area is 121 Å². The molecule has 1 N–H and O–H groups in total. The van der Waals surface area contributed by atoms with Crippen LogP contribution in [0, 0.1) is 0 Å². The van der Waals surface area contributed by atoms with Crippen LogP contribution in [0.1, 0.15) is 12.1 Å². The number of likely N-dealkylation sites (N-methyl/N-ethyl adjacent to an activating group) is 1. The van der Waals surface area contributed by atoms with Gasteiger partial charge in [0.15, 0.2) is 0 Å². The highest BCUT2D eigenvalue weighted by Gasteiger charge is 2.16. The van der Waals surface area contributed by atoms with Crippen molar-refractivity contribution < 1.29 is 4.79 Å². The summed E-state index contributed by atoms with van der Waals surface area (Å²) >= 11 is 0. The molecule has 0 unspecified atom stereocenters. The molecule has 1 aliphatic rings. The van der Waals surface area contributed by atoms with Gasteiger partial charge in [-0.1, -0.05) is 6.07 Å². The van der Waals surface area contributed by atoms with Crippen LogP contribution >= 0.6 is 0 Å². The van der Waals surface area contributed by atoms with Crippen molar-refractivity contribution in [3.63, 3.8) is 0 Å². The molecule has 20 heavy (non-hydrogen) atoms. The van der Waals surface area contributed by atoms with Crippen molar-refractivity contribution in [3.8, 4) is 0 Å². The van der Waals surface area contributed by atoms with E-state index < -0.39 is 0 Å². The smallest absolute Gasteiger partial charge is 0.236 e. The van der Waals surface area contributed by atoms with E-state index in [1.165, 1.54) is 0 Å². The molecule has 2 heterocycles. The molecular weight excluding hydrogens is 252 g/mol. The molecule has 1 amide bonds. The van der Waals surface area contributed by atoms with Gasteiger partial charge in [0, 0.05) is 44.5 Å². The van der Waals surface area contributed by atoms with Crippen LogP contribution in [-0.2, 0) is 11.2 Å². The zero-order chi connectivity index (χ0) is 14.2. The maximum Gasteiger partial charge on any atom is 0.236 e. The molecule has 110 valence electrons. The molecule has 1 aliphatic heterocycles. The quantitative estimate of drug-likeness (QED) is 0.844. The SMILES string of the molecule is CN(CCc1ccccn1)CC(=O)N1CCCNCC1. The number of pyridine rings is 1. The number of carbonyl (C=O) groups excluding carboxylic acids is 1. The number of nitrogens with one attached hydrogen (secondary N) is 1. The third-order valence-electron chi connectivity index (χ3n) is 3.57. The minimum absolute atomic E-state index is 0.234. The van der Waals surface area contributed by atoms with Gasteiger partial charge in [0.05, 0.1) is 6.54 Å². The minimum atomic E-state index is 0.234. The van der Waals surface area contributed by atoms with Crippen LogP contribution < -0.4 is 5.32 Å². The van der Waals surface area contributed by atoms with Gasteiger partial charge in [0.25, 0.3) is 0 Å². The molecule has 1 aromatic heterocycles. The van der Waals surface area contributed by atoms with Crippen molar-refractivity contribution in [1.82, 2.24) is 20.1 Å². The standard InChI is InChI=1S/C15H24N4O/c1-18(11-6-14-5-2-3-8-17-14)13-15(20)19-10-4-7-16-9-12-19/h2-3,5,8,16H,4,6-7,9-13H2,1H3. The monoisotopic (exact) mass is 276 g/mol. The van der Waals surface area contributed by atoms with Gasteiger partial charge in [-0.25, -0.2) is 0 Å². The second kappa shape index (κ2) is 7.97. The second-order valence-electron chi connectivity index (χ2n) is 5.29. The fourth-order valence-corrected chi connectivity index (χ4v) is 2.36. The molecule has 0 aliphatic carbocycles. The van der Waals surface area contributed by atoms with E-state index >= 15 is 0 Å². The number of hydrogen-bond donors (Lipinski definition) is 1. The summed E-state index contributed by atoms with van der Waals surface area (Å²) in [7, 11) is 2.00. The Bertz CT molecular complexity index is 402. The first-order chi connectivity index (χ1) is 9.75. The van der Waals surface area contributed by atoms with Crippen LogP contribution in [0.5, 0.6) is 0 Å². The van der Waals surface area contributed by atoms with Crippen LogP contribution in [0.3, 0.4) is 0 Å². The average molecular weight is 276 g/mol. The number of rotatable bonds is 5. The fourth-order valence-electron chi connectivity index (χ4n) is 2.36. The number of carbonyl (C=O) groups is 1. The summed E-state index contributed by atoms with van der Waals surface area (Å²) < 4.78 is 0. The zero-order valence-corrected chi connectivity index (χ0v) is 12.2. The van der Waals surface area contributed by atoms with Crippen molar-refractivity contribution in [1.29, 1.82) is 0 Å². The molecule has 0 spiro atoms.